The van der Waals surface area contributed by atoms with E-state index in [2.05, 4.69) is 41.5 Å². The number of hydrogen-bond acceptors (Lipinski definition) is 9. The van der Waals surface area contributed by atoms with Crippen LogP contribution in [0.5, 0.6) is 0 Å². The van der Waals surface area contributed by atoms with E-state index in [1.165, 1.54) is 0 Å². The standard InChI is InChI=1S/C12H19NO4S2.C8H16O2S2/c1-8(7-18-19-12(2,3)4)11(16)17-13-9(14)5-6-10(13)15;1-6(7(9)10)5-11-12-8(2,3)4/h8H,5-7H2,1-4H3;6H,5H2,1-4H3,(H,9,10). The minimum atomic E-state index is -0.711. The third kappa shape index (κ3) is 15.0. The molecule has 0 aromatic carbocycles. The highest BCUT2D eigenvalue weighted by atomic mass is 33.1. The molecule has 1 fully saturated rings. The van der Waals surface area contributed by atoms with E-state index < -0.39 is 23.8 Å². The molecule has 180 valence electrons. The Morgan fingerprint density at radius 1 is 0.903 bits per heavy atom. The molecule has 2 unspecified atom stereocenters. The topological polar surface area (TPSA) is 101 Å². The van der Waals surface area contributed by atoms with Gasteiger partial charge in [0.15, 0.2) is 0 Å². The lowest BCUT2D eigenvalue weighted by atomic mass is 10.2. The predicted octanol–water partition coefficient (Wildman–Crippen LogP) is 5.30. The normalized spacial score (nSPS) is 16.5. The van der Waals surface area contributed by atoms with E-state index >= 15 is 0 Å². The van der Waals surface area contributed by atoms with Crippen LogP contribution in [0.2, 0.25) is 0 Å². The zero-order chi connectivity index (χ0) is 24.4. The summed E-state index contributed by atoms with van der Waals surface area (Å²) in [5.74, 6) is -1.48. The summed E-state index contributed by atoms with van der Waals surface area (Å²) in [5, 5.41) is 9.19. The lowest BCUT2D eigenvalue weighted by Crippen LogP contribution is -2.34. The van der Waals surface area contributed by atoms with Crippen LogP contribution in [0.15, 0.2) is 0 Å². The average Bonchev–Trinajstić information content (AvgIpc) is 2.91. The first-order valence-electron chi connectivity index (χ1n) is 9.95. The summed E-state index contributed by atoms with van der Waals surface area (Å²) in [6.45, 7) is 16.1. The molecule has 1 saturated heterocycles. The number of hydroxylamine groups is 2. The van der Waals surface area contributed by atoms with Crippen molar-refractivity contribution in [2.24, 2.45) is 11.8 Å². The van der Waals surface area contributed by atoms with Crippen LogP contribution in [0.1, 0.15) is 68.2 Å². The highest BCUT2D eigenvalue weighted by Gasteiger charge is 2.34. The van der Waals surface area contributed by atoms with Crippen molar-refractivity contribution in [1.29, 1.82) is 0 Å². The summed E-state index contributed by atoms with van der Waals surface area (Å²) in [6.07, 6.45) is 0.240. The van der Waals surface area contributed by atoms with Gasteiger partial charge in [-0.05, 0) is 0 Å². The maximum atomic E-state index is 11.8. The number of carbonyl (C=O) groups is 4. The third-order valence-electron chi connectivity index (χ3n) is 3.26. The predicted molar refractivity (Wildman–Crippen MR) is 133 cm³/mol. The van der Waals surface area contributed by atoms with Gasteiger partial charge in [0.25, 0.3) is 11.8 Å². The highest BCUT2D eigenvalue weighted by Crippen LogP contribution is 2.36. The maximum absolute atomic E-state index is 11.8. The van der Waals surface area contributed by atoms with Crippen molar-refractivity contribution in [3.05, 3.63) is 0 Å². The van der Waals surface area contributed by atoms with Crippen molar-refractivity contribution in [3.63, 3.8) is 0 Å². The average molecular weight is 514 g/mol. The first-order chi connectivity index (χ1) is 14.0. The number of rotatable bonds is 9. The van der Waals surface area contributed by atoms with Gasteiger partial charge >= 0.3 is 11.9 Å². The molecule has 0 radical (unpaired) electrons. The van der Waals surface area contributed by atoms with Crippen molar-refractivity contribution in [2.75, 3.05) is 11.5 Å². The van der Waals surface area contributed by atoms with Gasteiger partial charge in [-0.15, -0.1) is 5.06 Å². The van der Waals surface area contributed by atoms with Gasteiger partial charge in [-0.3, -0.25) is 14.4 Å². The van der Waals surface area contributed by atoms with Gasteiger partial charge in [0.1, 0.15) is 0 Å². The van der Waals surface area contributed by atoms with E-state index in [0.29, 0.717) is 16.6 Å². The van der Waals surface area contributed by atoms with Crippen LogP contribution in [-0.4, -0.2) is 54.9 Å². The zero-order valence-electron chi connectivity index (χ0n) is 19.6. The summed E-state index contributed by atoms with van der Waals surface area (Å²) in [4.78, 5) is 49.7. The molecule has 31 heavy (non-hydrogen) atoms. The van der Waals surface area contributed by atoms with Gasteiger partial charge in [-0.25, -0.2) is 4.79 Å². The minimum absolute atomic E-state index is 0.120. The molecule has 1 aliphatic heterocycles. The van der Waals surface area contributed by atoms with Gasteiger partial charge in [0.05, 0.1) is 11.8 Å². The molecule has 0 aromatic rings. The third-order valence-corrected chi connectivity index (χ3v) is 10.3. The van der Waals surface area contributed by atoms with E-state index in [0.717, 1.165) is 0 Å². The van der Waals surface area contributed by atoms with E-state index in [1.807, 2.05) is 0 Å². The molecule has 1 N–H and O–H groups in total. The Kier molecular flexibility index (Phi) is 13.7. The first-order valence-corrected chi connectivity index (χ1v) is 14.6. The second kappa shape index (κ2) is 13.9. The molecule has 2 amide bonds. The van der Waals surface area contributed by atoms with Gasteiger partial charge < -0.3 is 9.94 Å². The van der Waals surface area contributed by atoms with Gasteiger partial charge in [-0.1, -0.05) is 98.6 Å². The molecule has 0 aliphatic carbocycles. The Bertz CT molecular complexity index is 614. The van der Waals surface area contributed by atoms with Gasteiger partial charge in [0, 0.05) is 33.8 Å². The van der Waals surface area contributed by atoms with Crippen LogP contribution >= 0.6 is 43.2 Å². The quantitative estimate of drug-likeness (QED) is 0.323. The van der Waals surface area contributed by atoms with Crippen molar-refractivity contribution in [3.8, 4) is 0 Å². The molecule has 1 rings (SSSR count). The van der Waals surface area contributed by atoms with Crippen LogP contribution in [0, 0.1) is 11.8 Å². The Morgan fingerprint density at radius 3 is 1.65 bits per heavy atom. The molecule has 2 atom stereocenters. The van der Waals surface area contributed by atoms with Crippen molar-refractivity contribution in [1.82, 2.24) is 5.06 Å². The summed E-state index contributed by atoms with van der Waals surface area (Å²) >= 11 is 0. The Morgan fingerprint density at radius 2 is 1.29 bits per heavy atom. The summed E-state index contributed by atoms with van der Waals surface area (Å²) < 4.78 is 0.331. The van der Waals surface area contributed by atoms with Crippen LogP contribution in [-0.2, 0) is 24.0 Å². The molecular formula is C20H35NO6S4. The van der Waals surface area contributed by atoms with E-state index in [1.54, 1.807) is 57.0 Å². The monoisotopic (exact) mass is 513 g/mol. The summed E-state index contributed by atoms with van der Waals surface area (Å²) in [5.41, 5.74) is 0. The van der Waals surface area contributed by atoms with E-state index in [-0.39, 0.29) is 34.2 Å². The first kappa shape index (κ1) is 30.5. The number of nitrogens with zero attached hydrogens (tertiary/aromatic N) is 1. The number of carboxylic acids is 1. The number of hydrogen-bond donors (Lipinski definition) is 1. The Labute approximate surface area is 201 Å². The van der Waals surface area contributed by atoms with Crippen molar-refractivity contribution >= 4 is 66.9 Å². The fraction of sp³-hybridized carbons (Fsp3) is 0.800. The number of carbonyl (C=O) groups excluding carboxylic acids is 3. The number of carboxylic acid groups (broad SMARTS) is 1. The van der Waals surface area contributed by atoms with Gasteiger partial charge in [0.2, 0.25) is 0 Å². The van der Waals surface area contributed by atoms with Crippen LogP contribution < -0.4 is 0 Å². The number of aliphatic carboxylic acids is 1. The van der Waals surface area contributed by atoms with Gasteiger partial charge in [-0.2, -0.15) is 0 Å². The maximum Gasteiger partial charge on any atom is 0.336 e. The largest absolute Gasteiger partial charge is 0.481 e. The summed E-state index contributed by atoms with van der Waals surface area (Å²) in [6, 6.07) is 0. The SMILES string of the molecule is CC(CSSC(C)(C)C)C(=O)O.CC(CSSC(C)(C)C)C(=O)ON1C(=O)CCC1=O. The van der Waals surface area contributed by atoms with Crippen LogP contribution in [0.4, 0.5) is 0 Å². The van der Waals surface area contributed by atoms with Crippen LogP contribution in [0.3, 0.4) is 0 Å². The summed E-state index contributed by atoms with van der Waals surface area (Å²) in [7, 11) is 6.63. The Hall–Kier alpha value is -0.520. The number of imide groups is 1. The fourth-order valence-corrected chi connectivity index (χ4v) is 6.89. The number of amides is 2. The molecule has 1 aliphatic rings. The smallest absolute Gasteiger partial charge is 0.336 e. The molecule has 11 heteroatoms. The lowest BCUT2D eigenvalue weighted by molar-refractivity contribution is -0.199. The molecule has 7 nitrogen and oxygen atoms in total. The van der Waals surface area contributed by atoms with Crippen molar-refractivity contribution in [2.45, 2.75) is 77.7 Å². The fourth-order valence-electron chi connectivity index (χ4n) is 1.60. The molecule has 0 bridgehead atoms. The minimum Gasteiger partial charge on any atom is -0.481 e. The lowest BCUT2D eigenvalue weighted by Gasteiger charge is -2.19. The second-order valence-corrected chi connectivity index (χ2v) is 15.4. The molecule has 0 aromatic heterocycles. The van der Waals surface area contributed by atoms with E-state index in [4.69, 9.17) is 9.94 Å². The molecule has 0 spiro atoms. The van der Waals surface area contributed by atoms with E-state index in [9.17, 15) is 19.2 Å². The van der Waals surface area contributed by atoms with Crippen molar-refractivity contribution < 1.29 is 29.1 Å². The molecular weight excluding hydrogens is 478 g/mol. The second-order valence-electron chi connectivity index (χ2n) is 9.09. The molecule has 1 heterocycles. The van der Waals surface area contributed by atoms with Crippen LogP contribution in [0.25, 0.3) is 0 Å². The molecule has 0 saturated carbocycles. The Balaban J connectivity index is 0.000000649. The zero-order valence-corrected chi connectivity index (χ0v) is 22.8. The highest BCUT2D eigenvalue weighted by molar-refractivity contribution is 8.77.